The molecule has 0 saturated carbocycles. The smallest absolute Gasteiger partial charge is 0.258 e. The van der Waals surface area contributed by atoms with Crippen LogP contribution in [0.3, 0.4) is 0 Å². The SMILES string of the molecule is CC(c1ccccc1)([N+](=O)[O-])[N+](=O)[O-]. The third-order valence-corrected chi connectivity index (χ3v) is 2.03. The molecule has 14 heavy (non-hydrogen) atoms. The summed E-state index contributed by atoms with van der Waals surface area (Å²) < 4.78 is 0. The van der Waals surface area contributed by atoms with E-state index in [0.29, 0.717) is 0 Å². The summed E-state index contributed by atoms with van der Waals surface area (Å²) in [5, 5.41) is 21.3. The molecule has 0 amide bonds. The Kier molecular flexibility index (Phi) is 2.46. The lowest BCUT2D eigenvalue weighted by Crippen LogP contribution is -2.40. The number of nitrogens with zero attached hydrogens (tertiary/aromatic N) is 2. The molecular weight excluding hydrogens is 188 g/mol. The fourth-order valence-electron chi connectivity index (χ4n) is 1.03. The zero-order chi connectivity index (χ0) is 10.8. The van der Waals surface area contributed by atoms with E-state index < -0.39 is 15.5 Å². The fraction of sp³-hybridized carbons (Fsp3) is 0.250. The molecule has 0 aliphatic heterocycles. The first-order chi connectivity index (χ1) is 6.49. The van der Waals surface area contributed by atoms with E-state index in [4.69, 9.17) is 0 Å². The summed E-state index contributed by atoms with van der Waals surface area (Å²) in [5.74, 6) is 0. The molecule has 0 aliphatic carbocycles. The lowest BCUT2D eigenvalue weighted by molar-refractivity contribution is -0.805. The molecule has 1 rings (SSSR count). The van der Waals surface area contributed by atoms with Gasteiger partial charge in [-0.15, -0.1) is 0 Å². The van der Waals surface area contributed by atoms with E-state index in [1.54, 1.807) is 6.07 Å². The fourth-order valence-corrected chi connectivity index (χ4v) is 1.03. The highest BCUT2D eigenvalue weighted by atomic mass is 16.7. The summed E-state index contributed by atoms with van der Waals surface area (Å²) in [6, 6.07) is 7.43. The second kappa shape index (κ2) is 3.41. The summed E-state index contributed by atoms with van der Waals surface area (Å²) in [6.45, 7) is 0.975. The molecule has 6 nitrogen and oxygen atoms in total. The monoisotopic (exact) mass is 196 g/mol. The van der Waals surface area contributed by atoms with Crippen molar-refractivity contribution in [2.45, 2.75) is 12.6 Å². The minimum atomic E-state index is -2.26. The van der Waals surface area contributed by atoms with Gasteiger partial charge in [0.15, 0.2) is 0 Å². The highest BCUT2D eigenvalue weighted by Crippen LogP contribution is 2.24. The Hall–Kier alpha value is -1.98. The van der Waals surface area contributed by atoms with Gasteiger partial charge in [-0.2, -0.15) is 0 Å². The molecule has 0 bridgehead atoms. The highest BCUT2D eigenvalue weighted by molar-refractivity contribution is 5.18. The van der Waals surface area contributed by atoms with Crippen molar-refractivity contribution in [3.63, 3.8) is 0 Å². The number of benzene rings is 1. The Morgan fingerprint density at radius 2 is 1.50 bits per heavy atom. The molecule has 6 heteroatoms. The minimum Gasteiger partial charge on any atom is -0.258 e. The van der Waals surface area contributed by atoms with Gasteiger partial charge in [0.2, 0.25) is 0 Å². The van der Waals surface area contributed by atoms with Crippen LogP contribution >= 0.6 is 0 Å². The molecule has 1 aromatic rings. The number of hydrogen-bond donors (Lipinski definition) is 0. The molecule has 0 N–H and O–H groups in total. The first kappa shape index (κ1) is 10.1. The van der Waals surface area contributed by atoms with Gasteiger partial charge in [-0.25, -0.2) is 0 Å². The van der Waals surface area contributed by atoms with Crippen molar-refractivity contribution in [1.82, 2.24) is 0 Å². The van der Waals surface area contributed by atoms with Gasteiger partial charge in [-0.3, -0.25) is 20.2 Å². The van der Waals surface area contributed by atoms with Crippen molar-refractivity contribution in [3.05, 3.63) is 56.1 Å². The van der Waals surface area contributed by atoms with Crippen LogP contribution < -0.4 is 0 Å². The topological polar surface area (TPSA) is 86.3 Å². The Labute approximate surface area is 79.5 Å². The normalized spacial score (nSPS) is 10.9. The van der Waals surface area contributed by atoms with Gasteiger partial charge >= 0.3 is 5.66 Å². The first-order valence-corrected chi connectivity index (χ1v) is 3.84. The van der Waals surface area contributed by atoms with E-state index in [2.05, 4.69) is 0 Å². The van der Waals surface area contributed by atoms with E-state index in [9.17, 15) is 20.2 Å². The van der Waals surface area contributed by atoms with Crippen molar-refractivity contribution in [2.75, 3.05) is 0 Å². The van der Waals surface area contributed by atoms with Crippen LogP contribution in [0.1, 0.15) is 12.5 Å². The van der Waals surface area contributed by atoms with E-state index in [1.165, 1.54) is 24.3 Å². The van der Waals surface area contributed by atoms with E-state index >= 15 is 0 Å². The first-order valence-electron chi connectivity index (χ1n) is 3.84. The summed E-state index contributed by atoms with van der Waals surface area (Å²) in [5.41, 5.74) is -2.20. The van der Waals surface area contributed by atoms with Crippen LogP contribution in [0.25, 0.3) is 0 Å². The Balaban J connectivity index is 3.27. The molecule has 74 valence electrons. The summed E-state index contributed by atoms with van der Waals surface area (Å²) in [7, 11) is 0. The summed E-state index contributed by atoms with van der Waals surface area (Å²) in [6.07, 6.45) is 0. The van der Waals surface area contributed by atoms with Crippen molar-refractivity contribution in [1.29, 1.82) is 0 Å². The van der Waals surface area contributed by atoms with Gasteiger partial charge in [0.25, 0.3) is 0 Å². The third kappa shape index (κ3) is 1.41. The van der Waals surface area contributed by atoms with E-state index in [1.807, 2.05) is 0 Å². The van der Waals surface area contributed by atoms with Crippen molar-refractivity contribution >= 4 is 0 Å². The van der Waals surface area contributed by atoms with Crippen LogP contribution in [-0.4, -0.2) is 9.85 Å². The molecule has 0 saturated heterocycles. The second-order valence-corrected chi connectivity index (χ2v) is 2.90. The van der Waals surface area contributed by atoms with Crippen LogP contribution in [0.4, 0.5) is 0 Å². The van der Waals surface area contributed by atoms with Crippen molar-refractivity contribution in [3.8, 4) is 0 Å². The number of nitro groups is 2. The Bertz CT molecular complexity index is 349. The van der Waals surface area contributed by atoms with Crippen LogP contribution in [0.2, 0.25) is 0 Å². The van der Waals surface area contributed by atoms with Gasteiger partial charge in [0.05, 0.1) is 6.92 Å². The average Bonchev–Trinajstić information content (AvgIpc) is 2.17. The van der Waals surface area contributed by atoms with Crippen LogP contribution in [0.5, 0.6) is 0 Å². The van der Waals surface area contributed by atoms with Gasteiger partial charge < -0.3 is 0 Å². The molecule has 0 fully saturated rings. The predicted molar refractivity (Wildman–Crippen MR) is 47.8 cm³/mol. The summed E-state index contributed by atoms with van der Waals surface area (Å²) in [4.78, 5) is 19.5. The number of rotatable bonds is 3. The van der Waals surface area contributed by atoms with Gasteiger partial charge in [-0.05, 0) is 12.1 Å². The third-order valence-electron chi connectivity index (χ3n) is 2.03. The summed E-state index contributed by atoms with van der Waals surface area (Å²) >= 11 is 0. The molecule has 0 atom stereocenters. The quantitative estimate of drug-likeness (QED) is 0.415. The maximum Gasteiger partial charge on any atom is 0.481 e. The zero-order valence-electron chi connectivity index (χ0n) is 7.41. The van der Waals surface area contributed by atoms with Crippen LogP contribution in [0.15, 0.2) is 30.3 Å². The van der Waals surface area contributed by atoms with E-state index in [0.717, 1.165) is 6.92 Å². The predicted octanol–water partition coefficient (Wildman–Crippen LogP) is 1.41. The number of hydrogen-bond acceptors (Lipinski definition) is 4. The highest BCUT2D eigenvalue weighted by Gasteiger charge is 2.52. The maximum absolute atomic E-state index is 10.6. The maximum atomic E-state index is 10.6. The average molecular weight is 196 g/mol. The van der Waals surface area contributed by atoms with Crippen LogP contribution in [0, 0.1) is 20.2 Å². The Morgan fingerprint density at radius 1 is 1.07 bits per heavy atom. The standard InChI is InChI=1S/C8H8N2O4/c1-8(9(11)12,10(13)14)7-5-3-2-4-6-7/h2-6H,1H3. The van der Waals surface area contributed by atoms with Crippen LogP contribution in [-0.2, 0) is 5.66 Å². The van der Waals surface area contributed by atoms with Gasteiger partial charge in [0, 0.05) is 0 Å². The molecule has 0 aromatic heterocycles. The van der Waals surface area contributed by atoms with Gasteiger partial charge in [0.1, 0.15) is 15.4 Å². The van der Waals surface area contributed by atoms with Crippen molar-refractivity contribution < 1.29 is 9.85 Å². The zero-order valence-corrected chi connectivity index (χ0v) is 7.41. The second-order valence-electron chi connectivity index (χ2n) is 2.90. The molecule has 0 radical (unpaired) electrons. The molecular formula is C8H8N2O4. The molecule has 0 spiro atoms. The largest absolute Gasteiger partial charge is 0.481 e. The lowest BCUT2D eigenvalue weighted by Gasteiger charge is -2.11. The Morgan fingerprint density at radius 3 is 1.86 bits per heavy atom. The molecule has 1 aromatic carbocycles. The minimum absolute atomic E-state index is 0.0648. The van der Waals surface area contributed by atoms with Gasteiger partial charge in [-0.1, -0.05) is 18.2 Å². The lowest BCUT2D eigenvalue weighted by atomic mass is 10.0. The molecule has 0 aliphatic rings. The molecule has 0 unspecified atom stereocenters. The van der Waals surface area contributed by atoms with E-state index in [-0.39, 0.29) is 5.56 Å². The molecule has 0 heterocycles. The van der Waals surface area contributed by atoms with Crippen molar-refractivity contribution in [2.24, 2.45) is 0 Å².